The van der Waals surface area contributed by atoms with Crippen LogP contribution in [-0.4, -0.2) is 57.2 Å². The van der Waals surface area contributed by atoms with Gasteiger partial charge in [-0.1, -0.05) is 25.1 Å². The second kappa shape index (κ2) is 11.7. The van der Waals surface area contributed by atoms with Gasteiger partial charge in [-0.2, -0.15) is 0 Å². The van der Waals surface area contributed by atoms with Crippen LogP contribution >= 0.6 is 12.4 Å². The number of nitrogens with one attached hydrogen (secondary N) is 1. The van der Waals surface area contributed by atoms with Crippen molar-refractivity contribution in [2.75, 3.05) is 34.4 Å². The van der Waals surface area contributed by atoms with Gasteiger partial charge in [0, 0.05) is 26.8 Å². The number of para-hydroxylation sites is 1. The third-order valence-electron chi connectivity index (χ3n) is 3.55. The minimum Gasteiger partial charge on any atom is -0.483 e. The number of hydrogen-bond donors (Lipinski definition) is 2. The largest absolute Gasteiger partial charge is 0.483 e. The smallest absolute Gasteiger partial charge is 0.259 e. The fourth-order valence-corrected chi connectivity index (χ4v) is 2.10. The highest BCUT2D eigenvalue weighted by Gasteiger charge is 2.21. The first kappa shape index (κ1) is 23.2. The van der Waals surface area contributed by atoms with E-state index in [9.17, 15) is 9.59 Å². The molecule has 0 aliphatic rings. The Morgan fingerprint density at radius 1 is 1.28 bits per heavy atom. The summed E-state index contributed by atoms with van der Waals surface area (Å²) in [6.07, 6.45) is 0.660. The Labute approximate surface area is 155 Å². The van der Waals surface area contributed by atoms with E-state index in [4.69, 9.17) is 15.2 Å². The summed E-state index contributed by atoms with van der Waals surface area (Å²) in [5, 5.41) is 2.90. The van der Waals surface area contributed by atoms with Gasteiger partial charge in [0.25, 0.3) is 5.91 Å². The predicted octanol–water partition coefficient (Wildman–Crippen LogP) is 1.12. The lowest BCUT2D eigenvalue weighted by molar-refractivity contribution is -0.130. The van der Waals surface area contributed by atoms with Gasteiger partial charge in [-0.25, -0.2) is 0 Å². The molecule has 2 amide bonds. The lowest BCUT2D eigenvalue weighted by Crippen LogP contribution is -2.44. The number of carbonyl (C=O) groups is 2. The Morgan fingerprint density at radius 2 is 1.92 bits per heavy atom. The summed E-state index contributed by atoms with van der Waals surface area (Å²) in [4.78, 5) is 25.3. The first-order chi connectivity index (χ1) is 11.4. The minimum absolute atomic E-state index is 0. The van der Waals surface area contributed by atoms with Gasteiger partial charge in [-0.05, 0) is 12.5 Å². The monoisotopic (exact) mass is 373 g/mol. The van der Waals surface area contributed by atoms with Crippen molar-refractivity contribution in [3.63, 3.8) is 0 Å². The van der Waals surface area contributed by atoms with Gasteiger partial charge in [-0.15, -0.1) is 12.4 Å². The van der Waals surface area contributed by atoms with E-state index >= 15 is 0 Å². The number of nitrogens with zero attached hydrogens (tertiary/aromatic N) is 1. The van der Waals surface area contributed by atoms with Crippen LogP contribution in [0.4, 0.5) is 0 Å². The zero-order valence-electron chi connectivity index (χ0n) is 15.2. The summed E-state index contributed by atoms with van der Waals surface area (Å²) in [7, 11) is 4.84. The molecule has 142 valence electrons. The van der Waals surface area contributed by atoms with Crippen molar-refractivity contribution >= 4 is 24.2 Å². The van der Waals surface area contributed by atoms with Crippen LogP contribution in [0.15, 0.2) is 24.3 Å². The molecule has 3 N–H and O–H groups in total. The molecule has 0 radical (unpaired) electrons. The van der Waals surface area contributed by atoms with E-state index in [1.807, 2.05) is 25.1 Å². The van der Waals surface area contributed by atoms with Gasteiger partial charge in [-0.3, -0.25) is 9.59 Å². The predicted molar refractivity (Wildman–Crippen MR) is 98.9 cm³/mol. The van der Waals surface area contributed by atoms with Crippen LogP contribution in [0, 0.1) is 0 Å². The lowest BCUT2D eigenvalue weighted by atomic mass is 10.0. The van der Waals surface area contributed by atoms with E-state index in [1.54, 1.807) is 20.2 Å². The molecule has 0 aromatic heterocycles. The second-order valence-electron chi connectivity index (χ2n) is 5.65. The maximum Gasteiger partial charge on any atom is 0.259 e. The number of ether oxygens (including phenoxy) is 2. The van der Waals surface area contributed by atoms with Gasteiger partial charge in [0.15, 0.2) is 6.61 Å². The maximum absolute atomic E-state index is 12.1. The molecule has 0 spiro atoms. The molecule has 0 saturated carbocycles. The summed E-state index contributed by atoms with van der Waals surface area (Å²) >= 11 is 0. The van der Waals surface area contributed by atoms with Gasteiger partial charge in [0.1, 0.15) is 11.8 Å². The Bertz CT molecular complexity index is 554. The SMILES string of the molecule is CCC(NC(=O)C(N)COC)c1ccccc1OCC(=O)N(C)C.Cl. The van der Waals surface area contributed by atoms with E-state index in [1.165, 1.54) is 12.0 Å². The summed E-state index contributed by atoms with van der Waals surface area (Å²) in [5.74, 6) is 0.145. The van der Waals surface area contributed by atoms with Crippen molar-refractivity contribution in [2.45, 2.75) is 25.4 Å². The Morgan fingerprint density at radius 3 is 2.48 bits per heavy atom. The van der Waals surface area contributed by atoms with E-state index in [-0.39, 0.29) is 43.5 Å². The molecule has 1 rings (SSSR count). The first-order valence-electron chi connectivity index (χ1n) is 7.87. The molecule has 1 aromatic carbocycles. The Kier molecular flexibility index (Phi) is 10.8. The van der Waals surface area contributed by atoms with E-state index in [2.05, 4.69) is 5.32 Å². The second-order valence-corrected chi connectivity index (χ2v) is 5.65. The van der Waals surface area contributed by atoms with Crippen LogP contribution in [0.25, 0.3) is 0 Å². The number of benzene rings is 1. The molecule has 2 unspecified atom stereocenters. The van der Waals surface area contributed by atoms with Gasteiger partial charge < -0.3 is 25.4 Å². The summed E-state index contributed by atoms with van der Waals surface area (Å²) in [6.45, 7) is 2.05. The fourth-order valence-electron chi connectivity index (χ4n) is 2.10. The van der Waals surface area contributed by atoms with Crippen molar-refractivity contribution in [3.05, 3.63) is 29.8 Å². The molecule has 7 nitrogen and oxygen atoms in total. The quantitative estimate of drug-likeness (QED) is 0.676. The number of amides is 2. The minimum atomic E-state index is -0.729. The topological polar surface area (TPSA) is 93.9 Å². The average Bonchev–Trinajstić information content (AvgIpc) is 2.57. The molecule has 25 heavy (non-hydrogen) atoms. The summed E-state index contributed by atoms with van der Waals surface area (Å²) in [6, 6.07) is 6.34. The molecule has 0 aliphatic carbocycles. The van der Waals surface area contributed by atoms with Crippen LogP contribution in [0.3, 0.4) is 0 Å². The number of rotatable bonds is 9. The van der Waals surface area contributed by atoms with Crippen LogP contribution < -0.4 is 15.8 Å². The number of carbonyl (C=O) groups excluding carboxylic acids is 2. The van der Waals surface area contributed by atoms with Crippen LogP contribution in [0.5, 0.6) is 5.75 Å². The average molecular weight is 374 g/mol. The van der Waals surface area contributed by atoms with Crippen molar-refractivity contribution in [1.82, 2.24) is 10.2 Å². The third-order valence-corrected chi connectivity index (χ3v) is 3.55. The molecule has 0 heterocycles. The number of halogens is 1. The van der Waals surface area contributed by atoms with Crippen LogP contribution in [0.1, 0.15) is 24.9 Å². The highest BCUT2D eigenvalue weighted by molar-refractivity contribution is 5.85. The van der Waals surface area contributed by atoms with Crippen molar-refractivity contribution in [2.24, 2.45) is 5.73 Å². The normalized spacial score (nSPS) is 12.5. The number of methoxy groups -OCH3 is 1. The van der Waals surface area contributed by atoms with Crippen molar-refractivity contribution < 1.29 is 19.1 Å². The van der Waals surface area contributed by atoms with E-state index in [0.717, 1.165) is 5.56 Å². The molecule has 2 atom stereocenters. The molecular formula is C17H28ClN3O4. The van der Waals surface area contributed by atoms with E-state index < -0.39 is 6.04 Å². The highest BCUT2D eigenvalue weighted by atomic mass is 35.5. The molecular weight excluding hydrogens is 346 g/mol. The van der Waals surface area contributed by atoms with Gasteiger partial charge in [0.05, 0.1) is 12.6 Å². The molecule has 0 saturated heterocycles. The van der Waals surface area contributed by atoms with Crippen LogP contribution in [-0.2, 0) is 14.3 Å². The number of nitrogens with two attached hydrogens (primary N) is 1. The van der Waals surface area contributed by atoms with Gasteiger partial charge >= 0.3 is 0 Å². The summed E-state index contributed by atoms with van der Waals surface area (Å²) in [5.41, 5.74) is 6.57. The zero-order chi connectivity index (χ0) is 18.1. The third kappa shape index (κ3) is 7.29. The standard InChI is InChI=1S/C17H27N3O4.ClH/c1-5-14(19-17(22)13(18)10-23-4)12-8-6-7-9-15(12)24-11-16(21)20(2)3;/h6-9,13-14H,5,10-11,18H2,1-4H3,(H,19,22);1H. The first-order valence-corrected chi connectivity index (χ1v) is 7.87. The van der Waals surface area contributed by atoms with E-state index in [0.29, 0.717) is 12.2 Å². The Hall–Kier alpha value is -1.83. The fraction of sp³-hybridized carbons (Fsp3) is 0.529. The molecule has 0 aliphatic heterocycles. The maximum atomic E-state index is 12.1. The molecule has 8 heteroatoms. The van der Waals surface area contributed by atoms with Crippen LogP contribution in [0.2, 0.25) is 0 Å². The molecule has 1 aromatic rings. The Balaban J connectivity index is 0.00000576. The zero-order valence-corrected chi connectivity index (χ0v) is 16.0. The molecule has 0 bridgehead atoms. The van der Waals surface area contributed by atoms with Gasteiger partial charge in [0.2, 0.25) is 5.91 Å². The number of hydrogen-bond acceptors (Lipinski definition) is 5. The summed E-state index contributed by atoms with van der Waals surface area (Å²) < 4.78 is 10.5. The van der Waals surface area contributed by atoms with Crippen molar-refractivity contribution in [1.29, 1.82) is 0 Å². The van der Waals surface area contributed by atoms with Crippen molar-refractivity contribution in [3.8, 4) is 5.75 Å². The molecule has 0 fully saturated rings. The number of likely N-dealkylation sites (N-methyl/N-ethyl adjacent to an activating group) is 1. The highest BCUT2D eigenvalue weighted by Crippen LogP contribution is 2.27. The lowest BCUT2D eigenvalue weighted by Gasteiger charge is -2.22.